The standard InChI is InChI=1S/C18H15N7O3/c1-11-15(17(26)23-14-4-2-3-9-19-14)16(24-18(22-11)20-10-21-24)12-5-7-13(8-6-12)25(27)28/h2-10,16H,1H3,(H,19,23,26)(H,20,21,22). The van der Waals surface area contributed by atoms with Crippen LogP contribution in [0.2, 0.25) is 0 Å². The van der Waals surface area contributed by atoms with Crippen LogP contribution in [-0.4, -0.2) is 30.6 Å². The van der Waals surface area contributed by atoms with Crippen molar-refractivity contribution in [2.45, 2.75) is 13.0 Å². The first-order valence-electron chi connectivity index (χ1n) is 8.38. The molecule has 0 spiro atoms. The number of anilines is 2. The van der Waals surface area contributed by atoms with Gasteiger partial charge in [0.05, 0.1) is 10.5 Å². The van der Waals surface area contributed by atoms with E-state index in [0.29, 0.717) is 28.6 Å². The van der Waals surface area contributed by atoms with Crippen LogP contribution in [0.1, 0.15) is 18.5 Å². The van der Waals surface area contributed by atoms with Crippen molar-refractivity contribution in [3.63, 3.8) is 0 Å². The average molecular weight is 377 g/mol. The second kappa shape index (κ2) is 6.91. The van der Waals surface area contributed by atoms with E-state index >= 15 is 0 Å². The van der Waals surface area contributed by atoms with Gasteiger partial charge in [-0.3, -0.25) is 14.9 Å². The van der Waals surface area contributed by atoms with Gasteiger partial charge in [-0.25, -0.2) is 9.67 Å². The highest BCUT2D eigenvalue weighted by molar-refractivity contribution is 6.05. The van der Waals surface area contributed by atoms with E-state index in [2.05, 4.69) is 25.7 Å². The number of allylic oxidation sites excluding steroid dienone is 1. The smallest absolute Gasteiger partial charge is 0.269 e. The molecule has 28 heavy (non-hydrogen) atoms. The third kappa shape index (κ3) is 3.07. The lowest BCUT2D eigenvalue weighted by molar-refractivity contribution is -0.384. The molecule has 0 saturated carbocycles. The van der Waals surface area contributed by atoms with Gasteiger partial charge in [-0.05, 0) is 36.8 Å². The summed E-state index contributed by atoms with van der Waals surface area (Å²) in [6.07, 6.45) is 2.97. The normalized spacial score (nSPS) is 15.5. The molecule has 0 fully saturated rings. The molecule has 0 aliphatic carbocycles. The number of nitro groups is 1. The number of benzene rings is 1. The van der Waals surface area contributed by atoms with Crippen molar-refractivity contribution < 1.29 is 9.72 Å². The van der Waals surface area contributed by atoms with E-state index in [1.807, 2.05) is 0 Å². The molecule has 1 amide bonds. The summed E-state index contributed by atoms with van der Waals surface area (Å²) in [5, 5.41) is 21.0. The fourth-order valence-corrected chi connectivity index (χ4v) is 3.09. The van der Waals surface area contributed by atoms with Gasteiger partial charge < -0.3 is 10.6 Å². The molecule has 3 heterocycles. The predicted octanol–water partition coefficient (Wildman–Crippen LogP) is 2.51. The molecule has 1 aliphatic rings. The molecule has 0 saturated heterocycles. The summed E-state index contributed by atoms with van der Waals surface area (Å²) in [5.74, 6) is 0.545. The van der Waals surface area contributed by atoms with Crippen LogP contribution in [0.15, 0.2) is 66.3 Å². The van der Waals surface area contributed by atoms with Crippen molar-refractivity contribution in [1.29, 1.82) is 0 Å². The molecule has 4 rings (SSSR count). The van der Waals surface area contributed by atoms with Crippen LogP contribution in [0.4, 0.5) is 17.5 Å². The number of hydrogen-bond donors (Lipinski definition) is 2. The lowest BCUT2D eigenvalue weighted by atomic mass is 9.95. The Hall–Kier alpha value is -4.08. The summed E-state index contributed by atoms with van der Waals surface area (Å²) < 4.78 is 1.57. The topological polar surface area (TPSA) is 128 Å². The Labute approximate surface area is 159 Å². The largest absolute Gasteiger partial charge is 0.328 e. The van der Waals surface area contributed by atoms with Crippen LogP contribution in [0.25, 0.3) is 0 Å². The van der Waals surface area contributed by atoms with E-state index in [9.17, 15) is 14.9 Å². The van der Waals surface area contributed by atoms with Gasteiger partial charge in [0.25, 0.3) is 11.6 Å². The molecule has 1 aromatic carbocycles. The first kappa shape index (κ1) is 17.3. The van der Waals surface area contributed by atoms with Crippen molar-refractivity contribution in [3.8, 4) is 0 Å². The van der Waals surface area contributed by atoms with Crippen LogP contribution in [0.3, 0.4) is 0 Å². The predicted molar refractivity (Wildman–Crippen MR) is 100 cm³/mol. The summed E-state index contributed by atoms with van der Waals surface area (Å²) in [5.41, 5.74) is 1.66. The maximum atomic E-state index is 13.0. The number of aromatic nitrogens is 4. The lowest BCUT2D eigenvalue weighted by Gasteiger charge is -2.28. The van der Waals surface area contributed by atoms with Crippen molar-refractivity contribution in [2.75, 3.05) is 10.6 Å². The first-order chi connectivity index (χ1) is 13.5. The van der Waals surface area contributed by atoms with Gasteiger partial charge in [-0.2, -0.15) is 10.1 Å². The quantitative estimate of drug-likeness (QED) is 0.528. The minimum atomic E-state index is -0.594. The molecule has 3 aromatic rings. The van der Waals surface area contributed by atoms with Crippen molar-refractivity contribution >= 4 is 23.4 Å². The Morgan fingerprint density at radius 2 is 2.00 bits per heavy atom. The number of nitro benzene ring substituents is 1. The molecule has 2 N–H and O–H groups in total. The van der Waals surface area contributed by atoms with Crippen LogP contribution >= 0.6 is 0 Å². The van der Waals surface area contributed by atoms with Crippen LogP contribution in [0.5, 0.6) is 0 Å². The molecular formula is C18H15N7O3. The summed E-state index contributed by atoms with van der Waals surface area (Å²) in [6.45, 7) is 1.77. The fourth-order valence-electron chi connectivity index (χ4n) is 3.09. The zero-order chi connectivity index (χ0) is 19.7. The first-order valence-corrected chi connectivity index (χ1v) is 8.38. The molecule has 10 nitrogen and oxygen atoms in total. The van der Waals surface area contributed by atoms with Crippen LogP contribution in [-0.2, 0) is 4.79 Å². The second-order valence-corrected chi connectivity index (χ2v) is 6.11. The SMILES string of the molecule is CC1=C(C(=O)Nc2ccccn2)C(c2ccc([N+](=O)[O-])cc2)n2ncnc2N1. The number of fused-ring (bicyclic) bond motifs is 1. The number of amides is 1. The van der Waals surface area contributed by atoms with Crippen molar-refractivity contribution in [2.24, 2.45) is 0 Å². The Balaban J connectivity index is 1.76. The van der Waals surface area contributed by atoms with E-state index in [-0.39, 0.29) is 11.6 Å². The molecule has 0 radical (unpaired) electrons. The summed E-state index contributed by atoms with van der Waals surface area (Å²) in [7, 11) is 0. The number of nitrogens with zero attached hydrogens (tertiary/aromatic N) is 5. The third-order valence-electron chi connectivity index (χ3n) is 4.37. The molecule has 140 valence electrons. The zero-order valence-corrected chi connectivity index (χ0v) is 14.7. The van der Waals surface area contributed by atoms with Gasteiger partial charge in [0.2, 0.25) is 5.95 Å². The lowest BCUT2D eigenvalue weighted by Crippen LogP contribution is -2.31. The van der Waals surface area contributed by atoms with E-state index in [4.69, 9.17) is 0 Å². The van der Waals surface area contributed by atoms with Gasteiger partial charge >= 0.3 is 0 Å². The van der Waals surface area contributed by atoms with Crippen LogP contribution < -0.4 is 10.6 Å². The number of pyridine rings is 1. The maximum Gasteiger partial charge on any atom is 0.269 e. The molecule has 1 atom stereocenters. The maximum absolute atomic E-state index is 13.0. The molecule has 0 bridgehead atoms. The number of nitrogens with one attached hydrogen (secondary N) is 2. The highest BCUT2D eigenvalue weighted by Crippen LogP contribution is 2.35. The van der Waals surface area contributed by atoms with Gasteiger partial charge in [-0.1, -0.05) is 6.07 Å². The van der Waals surface area contributed by atoms with E-state index < -0.39 is 11.0 Å². The minimum absolute atomic E-state index is 0.0308. The Bertz CT molecular complexity index is 1070. The number of hydrogen-bond acceptors (Lipinski definition) is 7. The van der Waals surface area contributed by atoms with Gasteiger partial charge in [-0.15, -0.1) is 0 Å². The van der Waals surface area contributed by atoms with Gasteiger partial charge in [0, 0.05) is 24.0 Å². The molecule has 1 unspecified atom stereocenters. The highest BCUT2D eigenvalue weighted by Gasteiger charge is 2.33. The Morgan fingerprint density at radius 1 is 1.21 bits per heavy atom. The Kier molecular flexibility index (Phi) is 4.28. The van der Waals surface area contributed by atoms with Gasteiger partial charge in [0.15, 0.2) is 0 Å². The molecule has 10 heteroatoms. The summed E-state index contributed by atoms with van der Waals surface area (Å²) in [6, 6.07) is 10.6. The molecule has 2 aromatic heterocycles. The number of non-ortho nitro benzene ring substituents is 1. The van der Waals surface area contributed by atoms with E-state index in [0.717, 1.165) is 0 Å². The average Bonchev–Trinajstić information content (AvgIpc) is 3.15. The van der Waals surface area contributed by atoms with Crippen molar-refractivity contribution in [1.82, 2.24) is 19.7 Å². The van der Waals surface area contributed by atoms with E-state index in [1.54, 1.807) is 48.1 Å². The number of carbonyl (C=O) groups excluding carboxylic acids is 1. The second-order valence-electron chi connectivity index (χ2n) is 6.11. The van der Waals surface area contributed by atoms with E-state index in [1.165, 1.54) is 18.5 Å². The summed E-state index contributed by atoms with van der Waals surface area (Å²) >= 11 is 0. The monoisotopic (exact) mass is 377 g/mol. The summed E-state index contributed by atoms with van der Waals surface area (Å²) in [4.78, 5) is 31.8. The van der Waals surface area contributed by atoms with Crippen LogP contribution in [0, 0.1) is 10.1 Å². The third-order valence-corrected chi connectivity index (χ3v) is 4.37. The van der Waals surface area contributed by atoms with Gasteiger partial charge in [0.1, 0.15) is 18.2 Å². The highest BCUT2D eigenvalue weighted by atomic mass is 16.6. The van der Waals surface area contributed by atoms with Crippen molar-refractivity contribution in [3.05, 3.63) is 81.9 Å². The number of carbonyl (C=O) groups is 1. The number of rotatable bonds is 4. The zero-order valence-electron chi connectivity index (χ0n) is 14.7. The minimum Gasteiger partial charge on any atom is -0.328 e. The Morgan fingerprint density at radius 3 is 2.68 bits per heavy atom. The fraction of sp³-hybridized carbons (Fsp3) is 0.111. The molecular weight excluding hydrogens is 362 g/mol. The molecule has 1 aliphatic heterocycles.